The maximum absolute atomic E-state index is 12.0. The Bertz CT molecular complexity index is 844. The highest BCUT2D eigenvalue weighted by Gasteiger charge is 2.42. The van der Waals surface area contributed by atoms with Gasteiger partial charge in [0.15, 0.2) is 0 Å². The summed E-state index contributed by atoms with van der Waals surface area (Å²) in [6.07, 6.45) is 0.240. The highest BCUT2D eigenvalue weighted by Crippen LogP contribution is 2.42. The standard InChI is InChI=1S/C20H25N3O5/c1-20(2,3)27-19(24)21-14-6-4-5-12(9-14)17-22-18(28-23-17)16-15-7-8-25-10-13(15)11-26-16/h4-6,9,13,15-16H,7-8,10-11H2,1-3H3,(H,21,24)/t13-,15-,16+/m0/s1. The van der Waals surface area contributed by atoms with Gasteiger partial charge in [0.2, 0.25) is 5.82 Å². The van der Waals surface area contributed by atoms with Crippen molar-refractivity contribution in [3.8, 4) is 11.4 Å². The van der Waals surface area contributed by atoms with Crippen molar-refractivity contribution in [2.24, 2.45) is 11.8 Å². The number of nitrogens with zero attached hydrogens (tertiary/aromatic N) is 2. The Morgan fingerprint density at radius 1 is 1.29 bits per heavy atom. The topological polar surface area (TPSA) is 95.7 Å². The summed E-state index contributed by atoms with van der Waals surface area (Å²) in [5, 5.41) is 6.83. The van der Waals surface area contributed by atoms with Crippen LogP contribution >= 0.6 is 0 Å². The number of hydrogen-bond acceptors (Lipinski definition) is 7. The molecule has 2 aliphatic heterocycles. The van der Waals surface area contributed by atoms with E-state index in [1.54, 1.807) is 12.1 Å². The molecule has 3 heterocycles. The number of fused-ring (bicyclic) bond motifs is 1. The third-order valence-electron chi connectivity index (χ3n) is 4.86. The SMILES string of the molecule is CC(C)(C)OC(=O)Nc1cccc(-c2noc([C@@H]3OC[C@@H]4COCC[C@@H]43)n2)c1. The van der Waals surface area contributed by atoms with Gasteiger partial charge in [0, 0.05) is 29.7 Å². The van der Waals surface area contributed by atoms with Crippen LogP contribution in [0.25, 0.3) is 11.4 Å². The lowest BCUT2D eigenvalue weighted by Gasteiger charge is -2.25. The number of nitrogens with one attached hydrogen (secondary N) is 1. The van der Waals surface area contributed by atoms with Crippen molar-refractivity contribution in [2.45, 2.75) is 38.9 Å². The van der Waals surface area contributed by atoms with Gasteiger partial charge in [-0.3, -0.25) is 5.32 Å². The van der Waals surface area contributed by atoms with Crippen LogP contribution in [0, 0.1) is 11.8 Å². The Morgan fingerprint density at radius 2 is 2.14 bits per heavy atom. The number of carbonyl (C=O) groups is 1. The molecule has 4 rings (SSSR count). The fraction of sp³-hybridized carbons (Fsp3) is 0.550. The minimum absolute atomic E-state index is 0.182. The largest absolute Gasteiger partial charge is 0.444 e. The molecular weight excluding hydrogens is 362 g/mol. The summed E-state index contributed by atoms with van der Waals surface area (Å²) in [4.78, 5) is 16.5. The molecule has 0 bridgehead atoms. The predicted octanol–water partition coefficient (Wildman–Crippen LogP) is 3.81. The van der Waals surface area contributed by atoms with Crippen LogP contribution in [0.3, 0.4) is 0 Å². The van der Waals surface area contributed by atoms with Crippen molar-refractivity contribution in [3.05, 3.63) is 30.2 Å². The summed E-state index contributed by atoms with van der Waals surface area (Å²) >= 11 is 0. The number of hydrogen-bond donors (Lipinski definition) is 1. The van der Waals surface area contributed by atoms with Gasteiger partial charge in [-0.25, -0.2) is 4.79 Å². The Hall–Kier alpha value is -2.45. The molecule has 150 valence electrons. The third-order valence-corrected chi connectivity index (χ3v) is 4.86. The Labute approximate surface area is 163 Å². The number of benzene rings is 1. The molecule has 0 aliphatic carbocycles. The van der Waals surface area contributed by atoms with Crippen LogP contribution in [-0.2, 0) is 14.2 Å². The maximum Gasteiger partial charge on any atom is 0.412 e. The lowest BCUT2D eigenvalue weighted by atomic mass is 9.87. The first-order valence-corrected chi connectivity index (χ1v) is 9.52. The molecule has 2 saturated heterocycles. The second-order valence-corrected chi connectivity index (χ2v) is 8.21. The van der Waals surface area contributed by atoms with Gasteiger partial charge >= 0.3 is 6.09 Å². The first-order valence-electron chi connectivity index (χ1n) is 9.52. The second-order valence-electron chi connectivity index (χ2n) is 8.21. The van der Waals surface area contributed by atoms with Crippen LogP contribution < -0.4 is 5.32 Å². The molecule has 3 atom stereocenters. The van der Waals surface area contributed by atoms with Crippen LogP contribution in [0.4, 0.5) is 10.5 Å². The average Bonchev–Trinajstić information content (AvgIpc) is 3.27. The van der Waals surface area contributed by atoms with E-state index >= 15 is 0 Å². The van der Waals surface area contributed by atoms with Gasteiger partial charge in [0.05, 0.1) is 13.2 Å². The summed E-state index contributed by atoms with van der Waals surface area (Å²) in [7, 11) is 0. The minimum atomic E-state index is -0.562. The van der Waals surface area contributed by atoms with E-state index in [2.05, 4.69) is 15.5 Å². The smallest absolute Gasteiger partial charge is 0.412 e. The molecule has 2 aromatic rings. The molecule has 1 aromatic carbocycles. The summed E-state index contributed by atoms with van der Waals surface area (Å²) in [6.45, 7) is 7.57. The Kier molecular flexibility index (Phi) is 5.07. The lowest BCUT2D eigenvalue weighted by molar-refractivity contribution is 0.0217. The van der Waals surface area contributed by atoms with Gasteiger partial charge in [-0.05, 0) is 39.3 Å². The molecule has 0 saturated carbocycles. The van der Waals surface area contributed by atoms with E-state index in [4.69, 9.17) is 18.7 Å². The van der Waals surface area contributed by atoms with Gasteiger partial charge in [-0.2, -0.15) is 4.98 Å². The summed E-state index contributed by atoms with van der Waals surface area (Å²) in [5.74, 6) is 1.69. The van der Waals surface area contributed by atoms with E-state index in [0.717, 1.165) is 25.2 Å². The molecule has 0 spiro atoms. The fourth-order valence-corrected chi connectivity index (χ4v) is 3.61. The highest BCUT2D eigenvalue weighted by molar-refractivity contribution is 5.85. The molecule has 28 heavy (non-hydrogen) atoms. The average molecular weight is 387 g/mol. The van der Waals surface area contributed by atoms with Crippen LogP contribution in [-0.4, -0.2) is 41.7 Å². The summed E-state index contributed by atoms with van der Waals surface area (Å²) in [5.41, 5.74) is 0.776. The van der Waals surface area contributed by atoms with Crippen molar-refractivity contribution in [3.63, 3.8) is 0 Å². The predicted molar refractivity (Wildman–Crippen MR) is 101 cm³/mol. The number of carbonyl (C=O) groups excluding carboxylic acids is 1. The number of anilines is 1. The van der Waals surface area contributed by atoms with Gasteiger partial charge in [-0.1, -0.05) is 17.3 Å². The van der Waals surface area contributed by atoms with Crippen LogP contribution in [0.15, 0.2) is 28.8 Å². The van der Waals surface area contributed by atoms with E-state index < -0.39 is 11.7 Å². The first kappa shape index (κ1) is 18.9. The molecule has 2 aliphatic rings. The number of amides is 1. The van der Waals surface area contributed by atoms with E-state index in [-0.39, 0.29) is 6.10 Å². The van der Waals surface area contributed by atoms with Crippen molar-refractivity contribution >= 4 is 11.8 Å². The molecule has 8 heteroatoms. The quantitative estimate of drug-likeness (QED) is 0.855. The zero-order valence-corrected chi connectivity index (χ0v) is 16.3. The second kappa shape index (κ2) is 7.52. The monoisotopic (exact) mass is 387 g/mol. The minimum Gasteiger partial charge on any atom is -0.444 e. The molecule has 2 fully saturated rings. The van der Waals surface area contributed by atoms with Gasteiger partial charge in [0.25, 0.3) is 5.89 Å². The molecule has 0 unspecified atom stereocenters. The summed E-state index contributed by atoms with van der Waals surface area (Å²) < 4.78 is 22.2. The van der Waals surface area contributed by atoms with Gasteiger partial charge < -0.3 is 18.7 Å². The van der Waals surface area contributed by atoms with Crippen LogP contribution in [0.5, 0.6) is 0 Å². The molecule has 1 aromatic heterocycles. The van der Waals surface area contributed by atoms with Gasteiger partial charge in [-0.15, -0.1) is 0 Å². The fourth-order valence-electron chi connectivity index (χ4n) is 3.61. The van der Waals surface area contributed by atoms with Crippen molar-refractivity contribution in [1.82, 2.24) is 10.1 Å². The molecular formula is C20H25N3O5. The normalized spacial score (nSPS) is 24.6. The highest BCUT2D eigenvalue weighted by atomic mass is 16.6. The van der Waals surface area contributed by atoms with E-state index in [1.807, 2.05) is 32.9 Å². The van der Waals surface area contributed by atoms with E-state index in [0.29, 0.717) is 35.8 Å². The van der Waals surface area contributed by atoms with Crippen molar-refractivity contribution < 1.29 is 23.5 Å². The molecule has 1 amide bonds. The molecule has 0 radical (unpaired) electrons. The third kappa shape index (κ3) is 4.18. The van der Waals surface area contributed by atoms with Crippen molar-refractivity contribution in [2.75, 3.05) is 25.1 Å². The number of rotatable bonds is 3. The first-order chi connectivity index (χ1) is 13.4. The summed E-state index contributed by atoms with van der Waals surface area (Å²) in [6, 6.07) is 7.24. The van der Waals surface area contributed by atoms with Crippen LogP contribution in [0.2, 0.25) is 0 Å². The Morgan fingerprint density at radius 3 is 2.96 bits per heavy atom. The molecule has 1 N–H and O–H groups in total. The van der Waals surface area contributed by atoms with E-state index in [1.165, 1.54) is 0 Å². The zero-order valence-electron chi connectivity index (χ0n) is 16.3. The maximum atomic E-state index is 12.0. The van der Waals surface area contributed by atoms with Crippen molar-refractivity contribution in [1.29, 1.82) is 0 Å². The van der Waals surface area contributed by atoms with E-state index in [9.17, 15) is 4.79 Å². The zero-order chi connectivity index (χ0) is 19.7. The van der Waals surface area contributed by atoms with Gasteiger partial charge in [0.1, 0.15) is 11.7 Å². The lowest BCUT2D eigenvalue weighted by Crippen LogP contribution is -2.27. The number of ether oxygens (including phenoxy) is 3. The van der Waals surface area contributed by atoms with Crippen LogP contribution in [0.1, 0.15) is 39.2 Å². The number of aromatic nitrogens is 2. The Balaban J connectivity index is 1.47. The molecule has 8 nitrogen and oxygen atoms in total.